The molecular weight excluding hydrogens is 417 g/mol. The van der Waals surface area contributed by atoms with Gasteiger partial charge in [0, 0.05) is 32.1 Å². The van der Waals surface area contributed by atoms with Crippen molar-refractivity contribution < 1.29 is 18.7 Å². The zero-order valence-corrected chi connectivity index (χ0v) is 18.5. The number of halogens is 1. The Morgan fingerprint density at radius 1 is 1.03 bits per heavy atom. The summed E-state index contributed by atoms with van der Waals surface area (Å²) in [4.78, 5) is 18.9. The Labute approximate surface area is 185 Å². The monoisotopic (exact) mass is 443 g/mol. The second-order valence-corrected chi connectivity index (χ2v) is 7.94. The van der Waals surface area contributed by atoms with Crippen molar-refractivity contribution >= 4 is 17.2 Å². The maximum atomic E-state index is 13.3. The first-order chi connectivity index (χ1) is 15.1. The van der Waals surface area contributed by atoms with Crippen LogP contribution in [0.4, 0.5) is 4.39 Å². The number of nitrogens with zero attached hydrogens (tertiary/aromatic N) is 2. The summed E-state index contributed by atoms with van der Waals surface area (Å²) in [5.74, 6) is 0.340. The van der Waals surface area contributed by atoms with Crippen LogP contribution in [0, 0.1) is 5.82 Å². The molecule has 0 spiro atoms. The van der Waals surface area contributed by atoms with E-state index in [2.05, 4.69) is 15.2 Å². The van der Waals surface area contributed by atoms with E-state index in [4.69, 9.17) is 9.47 Å². The van der Waals surface area contributed by atoms with Crippen molar-refractivity contribution in [1.82, 2.24) is 15.2 Å². The van der Waals surface area contributed by atoms with Crippen molar-refractivity contribution in [3.05, 3.63) is 81.6 Å². The molecule has 1 aromatic heterocycles. The van der Waals surface area contributed by atoms with E-state index in [0.29, 0.717) is 38.5 Å². The molecule has 3 aromatic rings. The number of carbonyl (C=O) groups is 1. The first kappa shape index (κ1) is 22.9. The van der Waals surface area contributed by atoms with Gasteiger partial charge in [-0.2, -0.15) is 0 Å². The van der Waals surface area contributed by atoms with E-state index in [1.807, 2.05) is 24.3 Å². The SMILES string of the molecule is COCCNC(=O)c1csc(CN(Cc2ccc(F)cc2)Cc2ccc(OC)cc2)n1. The Morgan fingerprint density at radius 3 is 2.29 bits per heavy atom. The predicted molar refractivity (Wildman–Crippen MR) is 119 cm³/mol. The van der Waals surface area contributed by atoms with Gasteiger partial charge in [0.05, 0.1) is 20.3 Å². The molecule has 6 nitrogen and oxygen atoms in total. The lowest BCUT2D eigenvalue weighted by molar-refractivity contribution is 0.0932. The van der Waals surface area contributed by atoms with Gasteiger partial charge in [-0.15, -0.1) is 11.3 Å². The van der Waals surface area contributed by atoms with Gasteiger partial charge in [0.25, 0.3) is 5.91 Å². The van der Waals surface area contributed by atoms with Crippen molar-refractivity contribution in [2.45, 2.75) is 19.6 Å². The third-order valence-electron chi connectivity index (χ3n) is 4.62. The third-order valence-corrected chi connectivity index (χ3v) is 5.45. The number of thiazole rings is 1. The standard InChI is InChI=1S/C23H26FN3O3S/c1-29-12-11-25-23(28)21-16-31-22(26-21)15-27(13-17-3-7-19(24)8-4-17)14-18-5-9-20(30-2)10-6-18/h3-10,16H,11-15H2,1-2H3,(H,25,28). The summed E-state index contributed by atoms with van der Waals surface area (Å²) >= 11 is 1.45. The van der Waals surface area contributed by atoms with Crippen LogP contribution in [0.2, 0.25) is 0 Å². The molecule has 0 aliphatic rings. The highest BCUT2D eigenvalue weighted by atomic mass is 32.1. The summed E-state index contributed by atoms with van der Waals surface area (Å²) in [5.41, 5.74) is 2.53. The van der Waals surface area contributed by atoms with Crippen LogP contribution < -0.4 is 10.1 Å². The van der Waals surface area contributed by atoms with E-state index in [0.717, 1.165) is 21.9 Å². The van der Waals surface area contributed by atoms with Crippen molar-refractivity contribution in [3.8, 4) is 5.75 Å². The van der Waals surface area contributed by atoms with Gasteiger partial charge < -0.3 is 14.8 Å². The highest BCUT2D eigenvalue weighted by Gasteiger charge is 2.14. The van der Waals surface area contributed by atoms with Crippen LogP contribution in [-0.2, 0) is 24.4 Å². The van der Waals surface area contributed by atoms with Crippen LogP contribution >= 0.6 is 11.3 Å². The van der Waals surface area contributed by atoms with Crippen molar-refractivity contribution in [2.24, 2.45) is 0 Å². The van der Waals surface area contributed by atoms with E-state index in [1.54, 1.807) is 31.7 Å². The molecule has 0 fully saturated rings. The summed E-state index contributed by atoms with van der Waals surface area (Å²) in [5, 5.41) is 5.39. The van der Waals surface area contributed by atoms with Gasteiger partial charge >= 0.3 is 0 Å². The fourth-order valence-electron chi connectivity index (χ4n) is 3.04. The predicted octanol–water partition coefficient (Wildman–Crippen LogP) is 3.87. The summed E-state index contributed by atoms with van der Waals surface area (Å²) in [6.07, 6.45) is 0. The number of aromatic nitrogens is 1. The number of rotatable bonds is 11. The van der Waals surface area contributed by atoms with Gasteiger partial charge in [-0.1, -0.05) is 24.3 Å². The van der Waals surface area contributed by atoms with Gasteiger partial charge in [0.2, 0.25) is 0 Å². The highest BCUT2D eigenvalue weighted by Crippen LogP contribution is 2.19. The van der Waals surface area contributed by atoms with Crippen molar-refractivity contribution in [1.29, 1.82) is 0 Å². The molecule has 0 aliphatic heterocycles. The molecular formula is C23H26FN3O3S. The summed E-state index contributed by atoms with van der Waals surface area (Å²) in [7, 11) is 3.23. The van der Waals surface area contributed by atoms with E-state index in [1.165, 1.54) is 23.5 Å². The molecule has 2 aromatic carbocycles. The second kappa shape index (κ2) is 11.5. The quantitative estimate of drug-likeness (QED) is 0.456. The van der Waals surface area contributed by atoms with E-state index >= 15 is 0 Å². The maximum Gasteiger partial charge on any atom is 0.270 e. The van der Waals surface area contributed by atoms with Gasteiger partial charge in [-0.3, -0.25) is 9.69 Å². The van der Waals surface area contributed by atoms with Crippen molar-refractivity contribution in [3.63, 3.8) is 0 Å². The molecule has 164 valence electrons. The van der Waals surface area contributed by atoms with Crippen LogP contribution in [0.3, 0.4) is 0 Å². The molecule has 0 bridgehead atoms. The number of hydrogen-bond acceptors (Lipinski definition) is 6. The average Bonchev–Trinajstić information content (AvgIpc) is 3.24. The Balaban J connectivity index is 1.71. The second-order valence-electron chi connectivity index (χ2n) is 6.99. The minimum Gasteiger partial charge on any atom is -0.497 e. The fraction of sp³-hybridized carbons (Fsp3) is 0.304. The number of benzene rings is 2. The topological polar surface area (TPSA) is 63.7 Å². The fourth-order valence-corrected chi connectivity index (χ4v) is 3.86. The zero-order valence-electron chi connectivity index (χ0n) is 17.6. The van der Waals surface area contributed by atoms with Crippen LogP contribution in [0.1, 0.15) is 26.6 Å². The lowest BCUT2D eigenvalue weighted by Crippen LogP contribution is -2.27. The minimum absolute atomic E-state index is 0.209. The Kier molecular flexibility index (Phi) is 8.52. The van der Waals surface area contributed by atoms with Gasteiger partial charge in [0.15, 0.2) is 0 Å². The molecule has 0 saturated heterocycles. The largest absolute Gasteiger partial charge is 0.497 e. The Bertz CT molecular complexity index is 961. The number of hydrogen-bond donors (Lipinski definition) is 1. The molecule has 0 radical (unpaired) electrons. The van der Waals surface area contributed by atoms with Gasteiger partial charge in [0.1, 0.15) is 22.3 Å². The summed E-state index contributed by atoms with van der Waals surface area (Å²) < 4.78 is 23.5. The number of carbonyl (C=O) groups excluding carboxylic acids is 1. The molecule has 0 saturated carbocycles. The Morgan fingerprint density at radius 2 is 1.68 bits per heavy atom. The number of amides is 1. The van der Waals surface area contributed by atoms with Gasteiger partial charge in [-0.05, 0) is 35.4 Å². The lowest BCUT2D eigenvalue weighted by atomic mass is 10.1. The summed E-state index contributed by atoms with van der Waals surface area (Å²) in [6.45, 7) is 2.77. The lowest BCUT2D eigenvalue weighted by Gasteiger charge is -2.21. The molecule has 0 atom stereocenters. The molecule has 0 unspecified atom stereocenters. The van der Waals surface area contributed by atoms with Crippen LogP contribution in [0.5, 0.6) is 5.75 Å². The number of methoxy groups -OCH3 is 2. The normalized spacial score (nSPS) is 11.0. The van der Waals surface area contributed by atoms with E-state index in [-0.39, 0.29) is 11.7 Å². The van der Waals surface area contributed by atoms with Crippen molar-refractivity contribution in [2.75, 3.05) is 27.4 Å². The Hall–Kier alpha value is -2.81. The first-order valence-corrected chi connectivity index (χ1v) is 10.8. The molecule has 1 heterocycles. The zero-order chi connectivity index (χ0) is 22.1. The minimum atomic E-state index is -0.255. The summed E-state index contributed by atoms with van der Waals surface area (Å²) in [6, 6.07) is 14.4. The smallest absolute Gasteiger partial charge is 0.270 e. The van der Waals surface area contributed by atoms with Crippen LogP contribution in [0.25, 0.3) is 0 Å². The maximum absolute atomic E-state index is 13.3. The molecule has 8 heteroatoms. The molecule has 0 aliphatic carbocycles. The third kappa shape index (κ3) is 7.13. The van der Waals surface area contributed by atoms with E-state index < -0.39 is 0 Å². The van der Waals surface area contributed by atoms with Gasteiger partial charge in [-0.25, -0.2) is 9.37 Å². The molecule has 31 heavy (non-hydrogen) atoms. The molecule has 3 rings (SSSR count). The number of nitrogens with one attached hydrogen (secondary N) is 1. The first-order valence-electron chi connectivity index (χ1n) is 9.88. The highest BCUT2D eigenvalue weighted by molar-refractivity contribution is 7.09. The molecule has 1 N–H and O–H groups in total. The number of ether oxygens (including phenoxy) is 2. The van der Waals surface area contributed by atoms with Crippen LogP contribution in [-0.4, -0.2) is 43.2 Å². The van der Waals surface area contributed by atoms with Crippen LogP contribution in [0.15, 0.2) is 53.9 Å². The average molecular weight is 444 g/mol. The molecule has 1 amide bonds. The van der Waals surface area contributed by atoms with E-state index in [9.17, 15) is 9.18 Å².